The Labute approximate surface area is 185 Å². The summed E-state index contributed by atoms with van der Waals surface area (Å²) in [6.45, 7) is 4.01. The number of rotatable bonds is 5. The first-order chi connectivity index (χ1) is 15.7. The van der Waals surface area contributed by atoms with Crippen LogP contribution in [0.3, 0.4) is 0 Å². The van der Waals surface area contributed by atoms with Gasteiger partial charge in [-0.25, -0.2) is 4.98 Å². The number of aromatic nitrogens is 2. The molecule has 2 aliphatic rings. The lowest BCUT2D eigenvalue weighted by molar-refractivity contribution is -0.133. The van der Waals surface area contributed by atoms with Crippen LogP contribution in [0.4, 0.5) is 0 Å². The van der Waals surface area contributed by atoms with Crippen LogP contribution in [0.5, 0.6) is 11.5 Å². The molecule has 0 aliphatic carbocycles. The molecule has 3 aromatic rings. The molecule has 3 heterocycles. The standard InChI is InChI=1S/C24H24N4O4/c29-23-13-20(19-6-7-21-22(12-19)32-17-31-21)25-16-28(23)15-24(30)27-10-8-26(9-11-27)14-18-4-2-1-3-5-18/h1-7,12-13,16H,8-11,14-15,17H2. The van der Waals surface area contributed by atoms with E-state index in [1.807, 2.05) is 29.2 Å². The molecule has 0 spiro atoms. The van der Waals surface area contributed by atoms with Crippen molar-refractivity contribution < 1.29 is 14.3 Å². The van der Waals surface area contributed by atoms with Crippen molar-refractivity contribution in [1.29, 1.82) is 0 Å². The number of nitrogens with zero attached hydrogens (tertiary/aromatic N) is 4. The van der Waals surface area contributed by atoms with E-state index in [0.29, 0.717) is 30.3 Å². The predicted octanol–water partition coefficient (Wildman–Crippen LogP) is 1.98. The summed E-state index contributed by atoms with van der Waals surface area (Å²) < 4.78 is 12.1. The Kier molecular flexibility index (Phi) is 5.60. The zero-order valence-electron chi connectivity index (χ0n) is 17.6. The Morgan fingerprint density at radius 1 is 0.938 bits per heavy atom. The van der Waals surface area contributed by atoms with Crippen LogP contribution >= 0.6 is 0 Å². The molecule has 0 saturated carbocycles. The van der Waals surface area contributed by atoms with Gasteiger partial charge in [-0.2, -0.15) is 0 Å². The zero-order chi connectivity index (χ0) is 21.9. The van der Waals surface area contributed by atoms with E-state index in [1.165, 1.54) is 22.5 Å². The zero-order valence-corrected chi connectivity index (χ0v) is 17.6. The summed E-state index contributed by atoms with van der Waals surface area (Å²) in [6.07, 6.45) is 1.44. The van der Waals surface area contributed by atoms with Gasteiger partial charge in [0.15, 0.2) is 11.5 Å². The number of hydrogen-bond donors (Lipinski definition) is 0. The van der Waals surface area contributed by atoms with Crippen LogP contribution in [0, 0.1) is 0 Å². The Hall–Kier alpha value is -3.65. The van der Waals surface area contributed by atoms with E-state index >= 15 is 0 Å². The molecule has 8 heteroatoms. The van der Waals surface area contributed by atoms with Crippen molar-refractivity contribution in [3.8, 4) is 22.8 Å². The molecule has 32 heavy (non-hydrogen) atoms. The highest BCUT2D eigenvalue weighted by molar-refractivity contribution is 5.76. The number of amides is 1. The van der Waals surface area contributed by atoms with Crippen LogP contribution in [0.2, 0.25) is 0 Å². The highest BCUT2D eigenvalue weighted by atomic mass is 16.7. The van der Waals surface area contributed by atoms with Crippen LogP contribution in [-0.4, -0.2) is 58.2 Å². The summed E-state index contributed by atoms with van der Waals surface area (Å²) in [5, 5.41) is 0. The maximum atomic E-state index is 12.8. The van der Waals surface area contributed by atoms with Gasteiger partial charge in [-0.15, -0.1) is 0 Å². The van der Waals surface area contributed by atoms with Gasteiger partial charge in [0, 0.05) is 44.4 Å². The molecule has 8 nitrogen and oxygen atoms in total. The minimum absolute atomic E-state index is 0.00800. The molecule has 1 fully saturated rings. The summed E-state index contributed by atoms with van der Waals surface area (Å²) in [4.78, 5) is 33.9. The third kappa shape index (κ3) is 4.36. The maximum absolute atomic E-state index is 12.8. The van der Waals surface area contributed by atoms with Crippen LogP contribution < -0.4 is 15.0 Å². The largest absolute Gasteiger partial charge is 0.454 e. The van der Waals surface area contributed by atoms with E-state index in [0.717, 1.165) is 25.2 Å². The smallest absolute Gasteiger partial charge is 0.254 e. The number of hydrogen-bond acceptors (Lipinski definition) is 6. The van der Waals surface area contributed by atoms with Crippen molar-refractivity contribution in [2.45, 2.75) is 13.1 Å². The molecule has 1 amide bonds. The van der Waals surface area contributed by atoms with Crippen molar-refractivity contribution in [2.24, 2.45) is 0 Å². The highest BCUT2D eigenvalue weighted by Gasteiger charge is 2.22. The first-order valence-electron chi connectivity index (χ1n) is 10.7. The van der Waals surface area contributed by atoms with Gasteiger partial charge in [0.2, 0.25) is 12.7 Å². The average Bonchev–Trinajstić information content (AvgIpc) is 3.29. The lowest BCUT2D eigenvalue weighted by atomic mass is 10.1. The van der Waals surface area contributed by atoms with Crippen molar-refractivity contribution in [3.63, 3.8) is 0 Å². The lowest BCUT2D eigenvalue weighted by Crippen LogP contribution is -2.49. The lowest BCUT2D eigenvalue weighted by Gasteiger charge is -2.34. The van der Waals surface area contributed by atoms with Gasteiger partial charge in [-0.05, 0) is 23.8 Å². The monoisotopic (exact) mass is 432 g/mol. The van der Waals surface area contributed by atoms with Crippen molar-refractivity contribution in [3.05, 3.63) is 76.8 Å². The first-order valence-corrected chi connectivity index (χ1v) is 10.7. The summed E-state index contributed by atoms with van der Waals surface area (Å²) in [5.41, 5.74) is 2.31. The van der Waals surface area contributed by atoms with Gasteiger partial charge in [0.05, 0.1) is 12.0 Å². The maximum Gasteiger partial charge on any atom is 0.254 e. The molecule has 0 bridgehead atoms. The average molecular weight is 432 g/mol. The Morgan fingerprint density at radius 2 is 1.72 bits per heavy atom. The summed E-state index contributed by atoms with van der Waals surface area (Å²) in [7, 11) is 0. The topological polar surface area (TPSA) is 76.9 Å². The quantitative estimate of drug-likeness (QED) is 0.614. The summed E-state index contributed by atoms with van der Waals surface area (Å²) in [6, 6.07) is 17.2. The molecule has 0 atom stereocenters. The van der Waals surface area contributed by atoms with E-state index < -0.39 is 0 Å². The SMILES string of the molecule is O=C(Cn1cnc(-c2ccc3c(c2)OCO3)cc1=O)N1CCN(Cc2ccccc2)CC1. The second-order valence-corrected chi connectivity index (χ2v) is 7.95. The van der Waals surface area contributed by atoms with E-state index in [4.69, 9.17) is 9.47 Å². The molecule has 0 radical (unpaired) electrons. The van der Waals surface area contributed by atoms with Gasteiger partial charge < -0.3 is 14.4 Å². The molecular weight excluding hydrogens is 408 g/mol. The number of piperazine rings is 1. The molecule has 1 saturated heterocycles. The van der Waals surface area contributed by atoms with Crippen molar-refractivity contribution in [1.82, 2.24) is 19.4 Å². The number of ether oxygens (including phenoxy) is 2. The fraction of sp³-hybridized carbons (Fsp3) is 0.292. The van der Waals surface area contributed by atoms with Gasteiger partial charge in [-0.1, -0.05) is 30.3 Å². The van der Waals surface area contributed by atoms with Crippen LogP contribution in [0.25, 0.3) is 11.3 Å². The fourth-order valence-electron chi connectivity index (χ4n) is 4.00. The fourth-order valence-corrected chi connectivity index (χ4v) is 4.00. The van der Waals surface area contributed by atoms with E-state index in [9.17, 15) is 9.59 Å². The summed E-state index contributed by atoms with van der Waals surface area (Å²) >= 11 is 0. The number of carbonyl (C=O) groups is 1. The Morgan fingerprint density at radius 3 is 2.50 bits per heavy atom. The second-order valence-electron chi connectivity index (χ2n) is 7.95. The van der Waals surface area contributed by atoms with Crippen molar-refractivity contribution in [2.75, 3.05) is 33.0 Å². The van der Waals surface area contributed by atoms with Gasteiger partial charge in [-0.3, -0.25) is 19.1 Å². The van der Waals surface area contributed by atoms with Crippen LogP contribution in [0.1, 0.15) is 5.56 Å². The molecule has 2 aromatic carbocycles. The molecule has 0 N–H and O–H groups in total. The minimum atomic E-state index is -0.260. The van der Waals surface area contributed by atoms with E-state index in [1.54, 1.807) is 12.1 Å². The molecule has 164 valence electrons. The molecule has 5 rings (SSSR count). The summed E-state index contributed by atoms with van der Waals surface area (Å²) in [5.74, 6) is 1.25. The Bertz CT molecular complexity index is 1170. The van der Waals surface area contributed by atoms with Crippen LogP contribution in [0.15, 0.2) is 65.7 Å². The third-order valence-electron chi connectivity index (χ3n) is 5.83. The minimum Gasteiger partial charge on any atom is -0.454 e. The molecular formula is C24H24N4O4. The molecule has 2 aliphatic heterocycles. The molecule has 0 unspecified atom stereocenters. The number of benzene rings is 2. The van der Waals surface area contributed by atoms with Crippen LogP contribution in [-0.2, 0) is 17.9 Å². The first kappa shape index (κ1) is 20.3. The van der Waals surface area contributed by atoms with Crippen molar-refractivity contribution >= 4 is 5.91 Å². The normalized spacial score (nSPS) is 15.7. The van der Waals surface area contributed by atoms with E-state index in [-0.39, 0.29) is 24.8 Å². The van der Waals surface area contributed by atoms with Gasteiger partial charge >= 0.3 is 0 Å². The number of carbonyl (C=O) groups excluding carboxylic acids is 1. The molecule has 1 aromatic heterocycles. The predicted molar refractivity (Wildman–Crippen MR) is 118 cm³/mol. The third-order valence-corrected chi connectivity index (χ3v) is 5.83. The van der Waals surface area contributed by atoms with Gasteiger partial charge in [0.25, 0.3) is 5.56 Å². The Balaban J connectivity index is 1.19. The number of fused-ring (bicyclic) bond motifs is 1. The van der Waals surface area contributed by atoms with Gasteiger partial charge in [0.1, 0.15) is 6.54 Å². The second kappa shape index (κ2) is 8.84. The van der Waals surface area contributed by atoms with E-state index in [2.05, 4.69) is 22.0 Å². The highest BCUT2D eigenvalue weighted by Crippen LogP contribution is 2.35.